The van der Waals surface area contributed by atoms with E-state index in [0.29, 0.717) is 11.3 Å². The second-order valence-corrected chi connectivity index (χ2v) is 3.99. The van der Waals surface area contributed by atoms with Crippen LogP contribution in [0, 0.1) is 5.82 Å². The predicted octanol–water partition coefficient (Wildman–Crippen LogP) is 1.88. The number of benzene rings is 1. The second kappa shape index (κ2) is 4.70. The molecule has 18 heavy (non-hydrogen) atoms. The monoisotopic (exact) mass is 248 g/mol. The molecule has 0 saturated heterocycles. The van der Waals surface area contributed by atoms with E-state index in [1.165, 1.54) is 43.8 Å². The fraction of sp³-hybridized carbons (Fsp3) is 0.231. The first-order valence-electron chi connectivity index (χ1n) is 5.39. The number of aliphatic hydroxyl groups is 1. The first-order chi connectivity index (χ1) is 8.55. The van der Waals surface area contributed by atoms with Crippen LogP contribution >= 0.6 is 0 Å². The van der Waals surface area contributed by atoms with Crippen molar-refractivity contribution in [3.05, 3.63) is 53.7 Å². The van der Waals surface area contributed by atoms with Crippen molar-refractivity contribution in [3.63, 3.8) is 0 Å². The standard InChI is InChI=1S/C13H13FN2O2/c1-13(17,9-3-5-10(14)6-4-9)11-12(18-2)16-8-7-15-11/h3-8,17H,1-2H3. The normalized spacial score (nSPS) is 14.0. The van der Waals surface area contributed by atoms with Crippen LogP contribution in [0.2, 0.25) is 0 Å². The van der Waals surface area contributed by atoms with Crippen molar-refractivity contribution in [2.24, 2.45) is 0 Å². The molecule has 0 spiro atoms. The largest absolute Gasteiger partial charge is 0.480 e. The molecule has 1 aromatic heterocycles. The zero-order valence-electron chi connectivity index (χ0n) is 10.1. The van der Waals surface area contributed by atoms with Crippen LogP contribution in [-0.4, -0.2) is 22.2 Å². The Labute approximate surface area is 104 Å². The molecule has 1 atom stereocenters. The summed E-state index contributed by atoms with van der Waals surface area (Å²) in [5.74, 6) is -0.118. The first kappa shape index (κ1) is 12.4. The number of rotatable bonds is 3. The van der Waals surface area contributed by atoms with Gasteiger partial charge in [-0.1, -0.05) is 12.1 Å². The minimum Gasteiger partial charge on any atom is -0.480 e. The zero-order valence-corrected chi connectivity index (χ0v) is 10.1. The highest BCUT2D eigenvalue weighted by atomic mass is 19.1. The number of ether oxygens (including phenoxy) is 1. The molecule has 0 aliphatic heterocycles. The van der Waals surface area contributed by atoms with Crippen LogP contribution in [0.3, 0.4) is 0 Å². The Balaban J connectivity index is 2.50. The highest BCUT2D eigenvalue weighted by molar-refractivity contribution is 5.35. The molecule has 0 aliphatic rings. The fourth-order valence-electron chi connectivity index (χ4n) is 1.72. The molecule has 0 radical (unpaired) electrons. The van der Waals surface area contributed by atoms with E-state index in [1.807, 2.05) is 0 Å². The third-order valence-corrected chi connectivity index (χ3v) is 2.73. The summed E-state index contributed by atoms with van der Waals surface area (Å²) in [4.78, 5) is 8.08. The summed E-state index contributed by atoms with van der Waals surface area (Å²) in [5.41, 5.74) is -0.588. The smallest absolute Gasteiger partial charge is 0.238 e. The van der Waals surface area contributed by atoms with E-state index < -0.39 is 5.60 Å². The molecular formula is C13H13FN2O2. The average molecular weight is 248 g/mol. The van der Waals surface area contributed by atoms with Crippen molar-refractivity contribution in [2.45, 2.75) is 12.5 Å². The molecule has 0 amide bonds. The number of hydrogen-bond acceptors (Lipinski definition) is 4. The summed E-state index contributed by atoms with van der Waals surface area (Å²) in [5, 5.41) is 10.6. The minimum absolute atomic E-state index is 0.242. The summed E-state index contributed by atoms with van der Waals surface area (Å²) in [6, 6.07) is 5.58. The predicted molar refractivity (Wildman–Crippen MR) is 63.7 cm³/mol. The molecule has 1 unspecified atom stereocenters. The maximum absolute atomic E-state index is 12.9. The topological polar surface area (TPSA) is 55.2 Å². The van der Waals surface area contributed by atoms with Gasteiger partial charge in [0.05, 0.1) is 7.11 Å². The van der Waals surface area contributed by atoms with Gasteiger partial charge in [-0.2, -0.15) is 0 Å². The van der Waals surface area contributed by atoms with Crippen LogP contribution in [0.4, 0.5) is 4.39 Å². The average Bonchev–Trinajstić information content (AvgIpc) is 2.39. The van der Waals surface area contributed by atoms with Gasteiger partial charge in [-0.15, -0.1) is 0 Å². The molecule has 4 nitrogen and oxygen atoms in total. The summed E-state index contributed by atoms with van der Waals surface area (Å²) in [7, 11) is 1.45. The summed E-state index contributed by atoms with van der Waals surface area (Å²) >= 11 is 0. The second-order valence-electron chi connectivity index (χ2n) is 3.99. The van der Waals surface area contributed by atoms with E-state index in [4.69, 9.17) is 4.74 Å². The van der Waals surface area contributed by atoms with Crippen molar-refractivity contribution >= 4 is 0 Å². The molecule has 0 saturated carbocycles. The van der Waals surface area contributed by atoms with E-state index in [-0.39, 0.29) is 11.7 Å². The maximum atomic E-state index is 12.9. The van der Waals surface area contributed by atoms with E-state index in [0.717, 1.165) is 0 Å². The van der Waals surface area contributed by atoms with Crippen LogP contribution in [0.25, 0.3) is 0 Å². The molecule has 0 aliphatic carbocycles. The molecule has 1 heterocycles. The van der Waals surface area contributed by atoms with Crippen molar-refractivity contribution in [3.8, 4) is 5.88 Å². The van der Waals surface area contributed by atoms with E-state index in [2.05, 4.69) is 9.97 Å². The Kier molecular flexibility index (Phi) is 3.25. The van der Waals surface area contributed by atoms with Gasteiger partial charge in [-0.05, 0) is 24.6 Å². The Morgan fingerprint density at radius 3 is 2.39 bits per heavy atom. The molecule has 2 rings (SSSR count). The van der Waals surface area contributed by atoms with Gasteiger partial charge in [0, 0.05) is 12.4 Å². The number of nitrogens with zero attached hydrogens (tertiary/aromatic N) is 2. The number of aromatic nitrogens is 2. The van der Waals surface area contributed by atoms with Gasteiger partial charge in [0.15, 0.2) is 0 Å². The quantitative estimate of drug-likeness (QED) is 0.901. The minimum atomic E-state index is -1.40. The van der Waals surface area contributed by atoms with Gasteiger partial charge in [0.1, 0.15) is 17.1 Å². The van der Waals surface area contributed by atoms with Gasteiger partial charge in [0.25, 0.3) is 0 Å². The van der Waals surface area contributed by atoms with Crippen molar-refractivity contribution in [1.82, 2.24) is 9.97 Å². The SMILES string of the molecule is COc1nccnc1C(C)(O)c1ccc(F)cc1. The Morgan fingerprint density at radius 2 is 1.78 bits per heavy atom. The highest BCUT2D eigenvalue weighted by Gasteiger charge is 2.31. The Hall–Kier alpha value is -2.01. The lowest BCUT2D eigenvalue weighted by Crippen LogP contribution is -2.25. The van der Waals surface area contributed by atoms with Crippen molar-refractivity contribution in [1.29, 1.82) is 0 Å². The van der Waals surface area contributed by atoms with Crippen LogP contribution in [0.5, 0.6) is 5.88 Å². The summed E-state index contributed by atoms with van der Waals surface area (Å²) in [6.45, 7) is 1.56. The fourth-order valence-corrected chi connectivity index (χ4v) is 1.72. The molecule has 0 bridgehead atoms. The lowest BCUT2D eigenvalue weighted by atomic mass is 9.92. The van der Waals surface area contributed by atoms with Gasteiger partial charge in [0.2, 0.25) is 5.88 Å². The van der Waals surface area contributed by atoms with E-state index in [1.54, 1.807) is 6.92 Å². The van der Waals surface area contributed by atoms with Crippen molar-refractivity contribution in [2.75, 3.05) is 7.11 Å². The number of methoxy groups -OCH3 is 1. The molecule has 0 fully saturated rings. The zero-order chi connectivity index (χ0) is 13.2. The lowest BCUT2D eigenvalue weighted by molar-refractivity contribution is 0.0929. The van der Waals surface area contributed by atoms with Crippen molar-refractivity contribution < 1.29 is 14.2 Å². The lowest BCUT2D eigenvalue weighted by Gasteiger charge is -2.24. The first-order valence-corrected chi connectivity index (χ1v) is 5.39. The number of halogens is 1. The van der Waals surface area contributed by atoms with E-state index >= 15 is 0 Å². The van der Waals surface area contributed by atoms with Gasteiger partial charge in [-0.25, -0.2) is 9.37 Å². The van der Waals surface area contributed by atoms with Crippen LogP contribution in [0.1, 0.15) is 18.2 Å². The Bertz CT molecular complexity index is 541. The Morgan fingerprint density at radius 1 is 1.17 bits per heavy atom. The van der Waals surface area contributed by atoms with Gasteiger partial charge in [-0.3, -0.25) is 4.98 Å². The van der Waals surface area contributed by atoms with Gasteiger partial charge < -0.3 is 9.84 Å². The molecular weight excluding hydrogens is 235 g/mol. The highest BCUT2D eigenvalue weighted by Crippen LogP contribution is 2.32. The maximum Gasteiger partial charge on any atom is 0.238 e. The van der Waals surface area contributed by atoms with Crippen LogP contribution in [0.15, 0.2) is 36.7 Å². The summed E-state index contributed by atoms with van der Waals surface area (Å²) < 4.78 is 18.0. The molecule has 1 N–H and O–H groups in total. The third kappa shape index (κ3) is 2.17. The van der Waals surface area contributed by atoms with E-state index in [9.17, 15) is 9.50 Å². The molecule has 1 aromatic carbocycles. The van der Waals surface area contributed by atoms with Gasteiger partial charge >= 0.3 is 0 Å². The van der Waals surface area contributed by atoms with Crippen LogP contribution < -0.4 is 4.74 Å². The van der Waals surface area contributed by atoms with Crippen LogP contribution in [-0.2, 0) is 5.60 Å². The number of hydrogen-bond donors (Lipinski definition) is 1. The molecule has 2 aromatic rings. The molecule has 5 heteroatoms. The third-order valence-electron chi connectivity index (χ3n) is 2.73. The summed E-state index contributed by atoms with van der Waals surface area (Å²) in [6.07, 6.45) is 2.94. The molecule has 94 valence electrons.